The number of carboxylic acid groups (broad SMARTS) is 1. The van der Waals surface area contributed by atoms with Gasteiger partial charge in [-0.05, 0) is 67.2 Å². The molecule has 0 fully saturated rings. The number of imidazole rings is 1. The minimum Gasteiger partial charge on any atom is -0.489 e. The summed E-state index contributed by atoms with van der Waals surface area (Å²) in [6.45, 7) is 2.51. The summed E-state index contributed by atoms with van der Waals surface area (Å²) in [5, 5.41) is 11.4. The molecule has 0 bridgehead atoms. The molecule has 0 saturated carbocycles. The number of rotatable bonds is 8. The van der Waals surface area contributed by atoms with Gasteiger partial charge in [0, 0.05) is 18.4 Å². The molecule has 2 atom stereocenters. The van der Waals surface area contributed by atoms with Crippen molar-refractivity contribution in [3.05, 3.63) is 95.6 Å². The first-order chi connectivity index (χ1) is 15.4. The number of H-pyrrole nitrogens is 1. The highest BCUT2D eigenvalue weighted by molar-refractivity contribution is 5.87. The Morgan fingerprint density at radius 1 is 1.09 bits per heavy atom. The number of fused-ring (bicyclic) bond motifs is 1. The summed E-state index contributed by atoms with van der Waals surface area (Å²) in [6, 6.07) is 19.6. The van der Waals surface area contributed by atoms with Gasteiger partial charge < -0.3 is 19.7 Å². The summed E-state index contributed by atoms with van der Waals surface area (Å²) in [4.78, 5) is 21.2. The first kappa shape index (κ1) is 21.6. The number of benzene rings is 3. The van der Waals surface area contributed by atoms with Crippen LogP contribution in [0.3, 0.4) is 0 Å². The van der Waals surface area contributed by atoms with E-state index in [1.54, 1.807) is 24.4 Å². The lowest BCUT2D eigenvalue weighted by Crippen LogP contribution is -2.32. The lowest BCUT2D eigenvalue weighted by atomic mass is 9.89. The number of nitrogens with one attached hydrogen (secondary N) is 1. The number of hydrogen-bond acceptors (Lipinski definition) is 4. The summed E-state index contributed by atoms with van der Waals surface area (Å²) < 4.78 is 5.93. The van der Waals surface area contributed by atoms with Gasteiger partial charge >= 0.3 is 5.97 Å². The van der Waals surface area contributed by atoms with Crippen molar-refractivity contribution < 1.29 is 14.6 Å². The molecule has 6 nitrogen and oxygen atoms in total. The molecule has 0 radical (unpaired) electrons. The normalized spacial score (nSPS) is 13.2. The zero-order chi connectivity index (χ0) is 22.7. The average molecular weight is 430 g/mol. The van der Waals surface area contributed by atoms with Crippen molar-refractivity contribution in [1.82, 2.24) is 14.9 Å². The molecule has 0 aliphatic rings. The van der Waals surface area contributed by atoms with Crippen LogP contribution < -0.4 is 4.74 Å². The first-order valence-electron chi connectivity index (χ1n) is 10.6. The van der Waals surface area contributed by atoms with E-state index in [0.717, 1.165) is 27.9 Å². The Morgan fingerprint density at radius 2 is 1.88 bits per heavy atom. The van der Waals surface area contributed by atoms with Crippen LogP contribution in [-0.2, 0) is 6.61 Å². The predicted octanol–water partition coefficient (Wildman–Crippen LogP) is 4.92. The highest BCUT2D eigenvalue weighted by atomic mass is 16.5. The highest BCUT2D eigenvalue weighted by Crippen LogP contribution is 2.31. The number of carboxylic acids is 1. The van der Waals surface area contributed by atoms with E-state index in [1.165, 1.54) is 5.56 Å². The van der Waals surface area contributed by atoms with Crippen LogP contribution in [0.4, 0.5) is 0 Å². The molecule has 4 rings (SSSR count). The number of ether oxygens (including phenoxy) is 1. The number of aromatic nitrogens is 2. The Labute approximate surface area is 187 Å². The van der Waals surface area contributed by atoms with Gasteiger partial charge in [0.2, 0.25) is 0 Å². The molecule has 2 unspecified atom stereocenters. The molecule has 164 valence electrons. The van der Waals surface area contributed by atoms with Crippen LogP contribution in [0.1, 0.15) is 40.2 Å². The quantitative estimate of drug-likeness (QED) is 0.416. The van der Waals surface area contributed by atoms with Gasteiger partial charge in [-0.25, -0.2) is 9.78 Å². The zero-order valence-electron chi connectivity index (χ0n) is 18.4. The molecule has 0 aliphatic carbocycles. The number of carbonyl (C=O) groups is 1. The highest BCUT2D eigenvalue weighted by Gasteiger charge is 2.25. The average Bonchev–Trinajstić information content (AvgIpc) is 3.32. The van der Waals surface area contributed by atoms with E-state index >= 15 is 0 Å². The molecular weight excluding hydrogens is 402 g/mol. The summed E-state index contributed by atoms with van der Waals surface area (Å²) in [6.07, 6.45) is 3.66. The fourth-order valence-electron chi connectivity index (χ4n) is 3.90. The van der Waals surface area contributed by atoms with Crippen molar-refractivity contribution in [1.29, 1.82) is 0 Å². The van der Waals surface area contributed by atoms with Crippen LogP contribution in [0.25, 0.3) is 10.8 Å². The molecule has 0 aliphatic heterocycles. The van der Waals surface area contributed by atoms with Crippen LogP contribution >= 0.6 is 0 Å². The van der Waals surface area contributed by atoms with E-state index in [4.69, 9.17) is 9.84 Å². The molecule has 0 spiro atoms. The molecule has 1 aromatic heterocycles. The Morgan fingerprint density at radius 3 is 2.59 bits per heavy atom. The second kappa shape index (κ2) is 9.24. The molecule has 0 saturated heterocycles. The molecule has 0 amide bonds. The Kier molecular flexibility index (Phi) is 6.23. The standard InChI is InChI=1S/C26H27N3O3/c1-17(29(2)3)24(25-27-11-12-28-25)21-8-7-20-15-23(10-9-19(20)14-21)32-16-18-5-4-6-22(13-18)26(30)31/h4-15,17,24H,16H2,1-3H3,(H,27,28)(H,30,31). The SMILES string of the molecule is CC(C(c1ccc2cc(OCc3cccc(C(=O)O)c3)ccc2c1)c1ncc[nH]1)N(C)C. The summed E-state index contributed by atoms with van der Waals surface area (Å²) in [5.41, 5.74) is 2.28. The van der Waals surface area contributed by atoms with Crippen molar-refractivity contribution in [3.8, 4) is 5.75 Å². The van der Waals surface area contributed by atoms with Gasteiger partial charge in [0.1, 0.15) is 18.2 Å². The van der Waals surface area contributed by atoms with Crippen molar-refractivity contribution in [2.75, 3.05) is 14.1 Å². The van der Waals surface area contributed by atoms with E-state index in [2.05, 4.69) is 60.2 Å². The van der Waals surface area contributed by atoms with Crippen LogP contribution in [0.2, 0.25) is 0 Å². The number of likely N-dealkylation sites (N-methyl/N-ethyl adjacent to an activating group) is 1. The summed E-state index contributed by atoms with van der Waals surface area (Å²) in [5.74, 6) is 0.885. The molecule has 3 aromatic carbocycles. The fourth-order valence-corrected chi connectivity index (χ4v) is 3.90. The Bertz CT molecular complexity index is 1220. The molecule has 4 aromatic rings. The monoisotopic (exact) mass is 429 g/mol. The smallest absolute Gasteiger partial charge is 0.335 e. The molecule has 32 heavy (non-hydrogen) atoms. The van der Waals surface area contributed by atoms with Crippen LogP contribution in [-0.4, -0.2) is 46.1 Å². The number of aromatic carboxylic acids is 1. The maximum Gasteiger partial charge on any atom is 0.335 e. The van der Waals surface area contributed by atoms with E-state index in [9.17, 15) is 4.79 Å². The minimum absolute atomic E-state index is 0.127. The van der Waals surface area contributed by atoms with Crippen molar-refractivity contribution in [3.63, 3.8) is 0 Å². The topological polar surface area (TPSA) is 78.5 Å². The largest absolute Gasteiger partial charge is 0.489 e. The predicted molar refractivity (Wildman–Crippen MR) is 125 cm³/mol. The van der Waals surface area contributed by atoms with Crippen molar-refractivity contribution >= 4 is 16.7 Å². The second-order valence-corrected chi connectivity index (χ2v) is 8.22. The third-order valence-electron chi connectivity index (χ3n) is 5.89. The van der Waals surface area contributed by atoms with Crippen LogP contribution in [0, 0.1) is 0 Å². The Hall–Kier alpha value is -3.64. The third kappa shape index (κ3) is 4.65. The lowest BCUT2D eigenvalue weighted by Gasteiger charge is -2.28. The summed E-state index contributed by atoms with van der Waals surface area (Å²) >= 11 is 0. The second-order valence-electron chi connectivity index (χ2n) is 8.22. The first-order valence-corrected chi connectivity index (χ1v) is 10.6. The van der Waals surface area contributed by atoms with E-state index in [1.807, 2.05) is 24.4 Å². The molecule has 1 heterocycles. The molecule has 2 N–H and O–H groups in total. The van der Waals surface area contributed by atoms with E-state index in [-0.39, 0.29) is 17.5 Å². The number of nitrogens with zero attached hydrogens (tertiary/aromatic N) is 2. The van der Waals surface area contributed by atoms with Crippen molar-refractivity contribution in [2.45, 2.75) is 25.5 Å². The van der Waals surface area contributed by atoms with Crippen LogP contribution in [0.5, 0.6) is 5.75 Å². The number of hydrogen-bond donors (Lipinski definition) is 2. The van der Waals surface area contributed by atoms with Crippen LogP contribution in [0.15, 0.2) is 73.1 Å². The zero-order valence-corrected chi connectivity index (χ0v) is 18.4. The van der Waals surface area contributed by atoms with Gasteiger partial charge in [0.25, 0.3) is 0 Å². The van der Waals surface area contributed by atoms with Gasteiger partial charge in [-0.3, -0.25) is 0 Å². The Balaban J connectivity index is 1.56. The maximum atomic E-state index is 11.2. The molecule has 6 heteroatoms. The van der Waals surface area contributed by atoms with Gasteiger partial charge in [-0.2, -0.15) is 0 Å². The third-order valence-corrected chi connectivity index (χ3v) is 5.89. The van der Waals surface area contributed by atoms with Gasteiger partial charge in [0.05, 0.1) is 11.5 Å². The fraction of sp³-hybridized carbons (Fsp3) is 0.231. The maximum absolute atomic E-state index is 11.2. The summed E-state index contributed by atoms with van der Waals surface area (Å²) in [7, 11) is 4.16. The van der Waals surface area contributed by atoms with Gasteiger partial charge in [-0.1, -0.05) is 36.4 Å². The van der Waals surface area contributed by atoms with Gasteiger partial charge in [-0.15, -0.1) is 0 Å². The van der Waals surface area contributed by atoms with E-state index < -0.39 is 5.97 Å². The van der Waals surface area contributed by atoms with Crippen molar-refractivity contribution in [2.24, 2.45) is 0 Å². The number of aromatic amines is 1. The lowest BCUT2D eigenvalue weighted by molar-refractivity contribution is 0.0696. The van der Waals surface area contributed by atoms with E-state index in [0.29, 0.717) is 6.61 Å². The minimum atomic E-state index is -0.940. The molecular formula is C26H27N3O3. The van der Waals surface area contributed by atoms with Gasteiger partial charge in [0.15, 0.2) is 0 Å².